The van der Waals surface area contributed by atoms with Crippen LogP contribution < -0.4 is 10.2 Å². The van der Waals surface area contributed by atoms with Gasteiger partial charge in [0, 0.05) is 43.0 Å². The summed E-state index contributed by atoms with van der Waals surface area (Å²) in [6, 6.07) is 4.02. The van der Waals surface area contributed by atoms with Gasteiger partial charge in [-0.05, 0) is 63.1 Å². The molecule has 2 N–H and O–H groups in total. The van der Waals surface area contributed by atoms with E-state index in [1.54, 1.807) is 18.7 Å². The molecule has 1 saturated carbocycles. The number of carbonyl (C=O) groups excluding carboxylic acids is 2. The molecule has 0 aromatic heterocycles. The van der Waals surface area contributed by atoms with Crippen LogP contribution >= 0.6 is 0 Å². The zero-order valence-corrected chi connectivity index (χ0v) is 19.8. The molecule has 1 aromatic carbocycles. The fourth-order valence-electron chi connectivity index (χ4n) is 5.69. The van der Waals surface area contributed by atoms with Gasteiger partial charge in [-0.1, -0.05) is 13.8 Å². The maximum absolute atomic E-state index is 14.0. The Bertz CT molecular complexity index is 928. The third-order valence-electron chi connectivity index (χ3n) is 7.66. The Morgan fingerprint density at radius 1 is 1.15 bits per heavy atom. The highest BCUT2D eigenvalue weighted by atomic mass is 19.4. The molecule has 2 heterocycles. The fraction of sp³-hybridized carbons (Fsp3) is 0.680. The SMILES string of the molecule is CC(C)C(=O)Nc1ccc(N2CCC[C@]3(CCN(C4CCC(O)CC4)C3=O)C2)c(C(F)(F)F)c1. The molecule has 4 rings (SSSR count). The van der Waals surface area contributed by atoms with E-state index >= 15 is 0 Å². The van der Waals surface area contributed by atoms with Crippen LogP contribution in [-0.4, -0.2) is 53.6 Å². The molecule has 1 aliphatic carbocycles. The summed E-state index contributed by atoms with van der Waals surface area (Å²) in [5, 5.41) is 12.3. The molecule has 6 nitrogen and oxygen atoms in total. The van der Waals surface area contributed by atoms with E-state index in [2.05, 4.69) is 5.32 Å². The zero-order chi connectivity index (χ0) is 24.7. The van der Waals surface area contributed by atoms with Crippen molar-refractivity contribution in [1.29, 1.82) is 0 Å². The lowest BCUT2D eigenvalue weighted by Gasteiger charge is -2.42. The van der Waals surface area contributed by atoms with Crippen LogP contribution in [-0.2, 0) is 15.8 Å². The number of hydrogen-bond donors (Lipinski definition) is 2. The predicted molar refractivity (Wildman–Crippen MR) is 123 cm³/mol. The Labute approximate surface area is 198 Å². The van der Waals surface area contributed by atoms with Crippen molar-refractivity contribution in [2.24, 2.45) is 11.3 Å². The van der Waals surface area contributed by atoms with Gasteiger partial charge in [0.1, 0.15) is 0 Å². The molecule has 0 bridgehead atoms. The van der Waals surface area contributed by atoms with Gasteiger partial charge < -0.3 is 20.2 Å². The number of anilines is 2. The lowest BCUT2D eigenvalue weighted by molar-refractivity contribution is -0.139. The van der Waals surface area contributed by atoms with Crippen LogP contribution in [0, 0.1) is 11.3 Å². The van der Waals surface area contributed by atoms with E-state index in [4.69, 9.17) is 0 Å². The summed E-state index contributed by atoms with van der Waals surface area (Å²) in [6.45, 7) is 4.70. The minimum absolute atomic E-state index is 0.0490. The Morgan fingerprint density at radius 3 is 2.50 bits per heavy atom. The number of aliphatic hydroxyl groups excluding tert-OH is 1. The van der Waals surface area contributed by atoms with E-state index in [-0.39, 0.29) is 47.8 Å². The second kappa shape index (κ2) is 9.40. The minimum atomic E-state index is -4.59. The molecule has 0 radical (unpaired) electrons. The summed E-state index contributed by atoms with van der Waals surface area (Å²) in [5.41, 5.74) is -1.29. The number of aliphatic hydroxyl groups is 1. The van der Waals surface area contributed by atoms with Gasteiger partial charge in [0.05, 0.1) is 17.1 Å². The Balaban J connectivity index is 1.56. The zero-order valence-electron chi connectivity index (χ0n) is 19.8. The monoisotopic (exact) mass is 481 g/mol. The molecule has 3 fully saturated rings. The molecule has 1 aromatic rings. The maximum Gasteiger partial charge on any atom is 0.418 e. The standard InChI is InChI=1S/C25H34F3N3O3/c1-16(2)22(33)29-17-4-9-21(20(14-17)25(26,27)28)30-12-3-10-24(15-30)11-13-31(23(24)34)18-5-7-19(32)8-6-18/h4,9,14,16,18-19,32H,3,5-8,10-13,15H2,1-2H3,(H,29,33)/t18?,19?,24-/m0/s1. The molecule has 3 aliphatic rings. The summed E-state index contributed by atoms with van der Waals surface area (Å²) in [7, 11) is 0. The smallest absolute Gasteiger partial charge is 0.393 e. The fourth-order valence-corrected chi connectivity index (χ4v) is 5.69. The molecule has 2 aliphatic heterocycles. The highest BCUT2D eigenvalue weighted by Gasteiger charge is 2.51. The first-order valence-corrected chi connectivity index (χ1v) is 12.3. The number of rotatable bonds is 4. The van der Waals surface area contributed by atoms with Gasteiger partial charge in [-0.25, -0.2) is 0 Å². The second-order valence-electron chi connectivity index (χ2n) is 10.4. The van der Waals surface area contributed by atoms with Gasteiger partial charge in [-0.15, -0.1) is 0 Å². The molecule has 2 amide bonds. The third kappa shape index (κ3) is 4.90. The number of piperidine rings is 1. The van der Waals surface area contributed by atoms with Gasteiger partial charge in [-0.3, -0.25) is 9.59 Å². The highest BCUT2D eigenvalue weighted by molar-refractivity contribution is 5.92. The van der Waals surface area contributed by atoms with Crippen LogP contribution in [0.4, 0.5) is 24.5 Å². The Hall–Kier alpha value is -2.29. The van der Waals surface area contributed by atoms with E-state index < -0.39 is 17.2 Å². The number of amides is 2. The van der Waals surface area contributed by atoms with Crippen molar-refractivity contribution in [1.82, 2.24) is 4.90 Å². The molecule has 34 heavy (non-hydrogen) atoms. The molecule has 2 saturated heterocycles. The topological polar surface area (TPSA) is 72.9 Å². The van der Waals surface area contributed by atoms with Crippen LogP contribution in [0.1, 0.15) is 64.4 Å². The number of carbonyl (C=O) groups is 2. The quantitative estimate of drug-likeness (QED) is 0.668. The number of halogens is 3. The molecular formula is C25H34F3N3O3. The lowest BCUT2D eigenvalue weighted by atomic mass is 9.78. The van der Waals surface area contributed by atoms with Crippen LogP contribution in [0.15, 0.2) is 18.2 Å². The van der Waals surface area contributed by atoms with E-state index in [0.29, 0.717) is 45.2 Å². The highest BCUT2D eigenvalue weighted by Crippen LogP contribution is 2.46. The van der Waals surface area contributed by atoms with Crippen molar-refractivity contribution in [3.63, 3.8) is 0 Å². The Morgan fingerprint density at radius 2 is 1.85 bits per heavy atom. The van der Waals surface area contributed by atoms with Crippen LogP contribution in [0.25, 0.3) is 0 Å². The largest absolute Gasteiger partial charge is 0.418 e. The van der Waals surface area contributed by atoms with Crippen molar-refractivity contribution >= 4 is 23.2 Å². The van der Waals surface area contributed by atoms with Crippen molar-refractivity contribution in [3.05, 3.63) is 23.8 Å². The number of nitrogens with zero attached hydrogens (tertiary/aromatic N) is 2. The van der Waals surface area contributed by atoms with Crippen molar-refractivity contribution in [3.8, 4) is 0 Å². The summed E-state index contributed by atoms with van der Waals surface area (Å²) in [4.78, 5) is 29.1. The van der Waals surface area contributed by atoms with E-state index in [9.17, 15) is 27.9 Å². The second-order valence-corrected chi connectivity index (χ2v) is 10.4. The van der Waals surface area contributed by atoms with Gasteiger partial charge >= 0.3 is 6.18 Å². The maximum atomic E-state index is 14.0. The van der Waals surface area contributed by atoms with Gasteiger partial charge in [0.2, 0.25) is 11.8 Å². The van der Waals surface area contributed by atoms with Crippen LogP contribution in [0.5, 0.6) is 0 Å². The number of nitrogens with one attached hydrogen (secondary N) is 1. The summed E-state index contributed by atoms with van der Waals surface area (Å²) in [5.74, 6) is -0.641. The van der Waals surface area contributed by atoms with Crippen molar-refractivity contribution in [2.45, 2.75) is 77.1 Å². The van der Waals surface area contributed by atoms with Gasteiger partial charge in [0.15, 0.2) is 0 Å². The van der Waals surface area contributed by atoms with Gasteiger partial charge in [-0.2, -0.15) is 13.2 Å². The molecule has 9 heteroatoms. The first-order chi connectivity index (χ1) is 16.0. The summed E-state index contributed by atoms with van der Waals surface area (Å²) < 4.78 is 42.1. The predicted octanol–water partition coefficient (Wildman–Crippen LogP) is 4.42. The average Bonchev–Trinajstić information content (AvgIpc) is 3.09. The molecule has 188 valence electrons. The molecule has 0 unspecified atom stereocenters. The number of hydrogen-bond acceptors (Lipinski definition) is 4. The third-order valence-corrected chi connectivity index (χ3v) is 7.66. The molecule has 1 spiro atoms. The van der Waals surface area contributed by atoms with Crippen molar-refractivity contribution < 1.29 is 27.9 Å². The van der Waals surface area contributed by atoms with Crippen LogP contribution in [0.3, 0.4) is 0 Å². The van der Waals surface area contributed by atoms with Crippen LogP contribution in [0.2, 0.25) is 0 Å². The number of benzene rings is 1. The summed E-state index contributed by atoms with van der Waals surface area (Å²) >= 11 is 0. The minimum Gasteiger partial charge on any atom is -0.393 e. The van der Waals surface area contributed by atoms with E-state index in [1.165, 1.54) is 12.1 Å². The molecular weight excluding hydrogens is 447 g/mol. The normalized spacial score (nSPS) is 28.1. The van der Waals surface area contributed by atoms with E-state index in [0.717, 1.165) is 18.9 Å². The number of likely N-dealkylation sites (tertiary alicyclic amines) is 1. The first kappa shape index (κ1) is 24.8. The Kier molecular flexibility index (Phi) is 6.86. The first-order valence-electron chi connectivity index (χ1n) is 12.3. The summed E-state index contributed by atoms with van der Waals surface area (Å²) in [6.07, 6.45) is -0.0159. The number of alkyl halides is 3. The van der Waals surface area contributed by atoms with Gasteiger partial charge in [0.25, 0.3) is 0 Å². The lowest BCUT2D eigenvalue weighted by Crippen LogP contribution is -2.50. The van der Waals surface area contributed by atoms with E-state index in [1.807, 2.05) is 4.90 Å². The van der Waals surface area contributed by atoms with Crippen molar-refractivity contribution in [2.75, 3.05) is 29.9 Å². The average molecular weight is 482 g/mol. The molecule has 1 atom stereocenters.